The summed E-state index contributed by atoms with van der Waals surface area (Å²) in [5.41, 5.74) is 1.71. The Morgan fingerprint density at radius 1 is 1.50 bits per heavy atom. The number of nitrogens with one attached hydrogen (secondary N) is 1. The molecule has 0 unspecified atom stereocenters. The summed E-state index contributed by atoms with van der Waals surface area (Å²) in [6.45, 7) is 2.32. The highest BCUT2D eigenvalue weighted by Gasteiger charge is 2.27. The molecule has 1 heterocycles. The van der Waals surface area contributed by atoms with Gasteiger partial charge in [-0.2, -0.15) is 0 Å². The Kier molecular flexibility index (Phi) is 3.52. The molecule has 1 fully saturated rings. The molecule has 1 saturated carbocycles. The third-order valence-corrected chi connectivity index (χ3v) is 3.89. The van der Waals surface area contributed by atoms with Crippen LogP contribution in [0.2, 0.25) is 0 Å². The zero-order valence-electron chi connectivity index (χ0n) is 11.0. The number of hydrogen-bond donors (Lipinski definition) is 1. The number of hydrogen-bond acceptors (Lipinski definition) is 4. The summed E-state index contributed by atoms with van der Waals surface area (Å²) in [6, 6.07) is 6.04. The van der Waals surface area contributed by atoms with Crippen molar-refractivity contribution in [2.45, 2.75) is 32.4 Å². The van der Waals surface area contributed by atoms with Crippen molar-refractivity contribution < 1.29 is 4.79 Å². The fourth-order valence-corrected chi connectivity index (χ4v) is 2.66. The Labute approximate surface area is 124 Å². The van der Waals surface area contributed by atoms with Crippen LogP contribution < -0.4 is 5.32 Å². The number of nitrogens with zero attached hydrogens (tertiary/aromatic N) is 4. The van der Waals surface area contributed by atoms with Crippen LogP contribution >= 0.6 is 15.9 Å². The molecule has 1 aliphatic rings. The van der Waals surface area contributed by atoms with Gasteiger partial charge < -0.3 is 5.32 Å². The fraction of sp³-hybridized carbons (Fsp3) is 0.385. The zero-order chi connectivity index (χ0) is 14.1. The number of halogens is 1. The molecule has 7 heteroatoms. The maximum absolute atomic E-state index is 12.1. The molecule has 1 aliphatic carbocycles. The molecule has 6 nitrogen and oxygen atoms in total. The Balaban J connectivity index is 1.68. The SMILES string of the molecule is Cc1ccc(C(=O)NCc2nnnn2C2CC2)c(Br)c1. The molecule has 1 N–H and O–H groups in total. The number of benzene rings is 1. The maximum atomic E-state index is 12.1. The Hall–Kier alpha value is -1.76. The van der Waals surface area contributed by atoms with Crippen molar-refractivity contribution in [2.24, 2.45) is 0 Å². The normalized spacial score (nSPS) is 14.3. The summed E-state index contributed by atoms with van der Waals surface area (Å²) >= 11 is 3.41. The van der Waals surface area contributed by atoms with Gasteiger partial charge in [0.1, 0.15) is 0 Å². The lowest BCUT2D eigenvalue weighted by Gasteiger charge is -2.07. The van der Waals surface area contributed by atoms with Gasteiger partial charge in [-0.1, -0.05) is 6.07 Å². The lowest BCUT2D eigenvalue weighted by Crippen LogP contribution is -2.25. The van der Waals surface area contributed by atoms with Crippen LogP contribution in [0, 0.1) is 6.92 Å². The first-order valence-corrected chi connectivity index (χ1v) is 7.25. The van der Waals surface area contributed by atoms with E-state index in [1.807, 2.05) is 19.1 Å². The van der Waals surface area contributed by atoms with E-state index in [4.69, 9.17) is 0 Å². The molecule has 0 saturated heterocycles. The highest BCUT2D eigenvalue weighted by molar-refractivity contribution is 9.10. The van der Waals surface area contributed by atoms with Gasteiger partial charge in [-0.15, -0.1) is 5.10 Å². The van der Waals surface area contributed by atoms with Crippen LogP contribution in [-0.4, -0.2) is 26.1 Å². The van der Waals surface area contributed by atoms with Crippen LogP contribution in [0.3, 0.4) is 0 Å². The summed E-state index contributed by atoms with van der Waals surface area (Å²) in [4.78, 5) is 12.1. The lowest BCUT2D eigenvalue weighted by molar-refractivity contribution is 0.0948. The molecule has 0 bridgehead atoms. The van der Waals surface area contributed by atoms with Gasteiger partial charge in [0, 0.05) is 4.47 Å². The van der Waals surface area contributed by atoms with Crippen molar-refractivity contribution in [2.75, 3.05) is 0 Å². The monoisotopic (exact) mass is 335 g/mol. The van der Waals surface area contributed by atoms with E-state index in [0.717, 1.165) is 22.9 Å². The van der Waals surface area contributed by atoms with Gasteiger partial charge in [0.05, 0.1) is 18.2 Å². The molecular formula is C13H14BrN5O. The molecule has 20 heavy (non-hydrogen) atoms. The predicted octanol–water partition coefficient (Wildman–Crippen LogP) is 2.01. The zero-order valence-corrected chi connectivity index (χ0v) is 12.6. The summed E-state index contributed by atoms with van der Waals surface area (Å²) in [5, 5.41) is 14.4. The number of aromatic nitrogens is 4. The fourth-order valence-electron chi connectivity index (χ4n) is 1.99. The second kappa shape index (κ2) is 5.32. The van der Waals surface area contributed by atoms with Crippen molar-refractivity contribution in [1.29, 1.82) is 0 Å². The van der Waals surface area contributed by atoms with Gasteiger partial charge >= 0.3 is 0 Å². The van der Waals surface area contributed by atoms with E-state index in [0.29, 0.717) is 24.0 Å². The molecule has 3 rings (SSSR count). The van der Waals surface area contributed by atoms with Crippen molar-refractivity contribution >= 4 is 21.8 Å². The van der Waals surface area contributed by atoms with Crippen molar-refractivity contribution in [3.63, 3.8) is 0 Å². The topological polar surface area (TPSA) is 72.7 Å². The Bertz CT molecular complexity index is 650. The summed E-state index contributed by atoms with van der Waals surface area (Å²) in [7, 11) is 0. The minimum atomic E-state index is -0.137. The van der Waals surface area contributed by atoms with Gasteiger partial charge in [-0.05, 0) is 63.8 Å². The molecule has 1 aromatic heterocycles. The quantitative estimate of drug-likeness (QED) is 0.927. The van der Waals surface area contributed by atoms with Gasteiger partial charge in [0.25, 0.3) is 5.91 Å². The first kappa shape index (κ1) is 13.2. The Morgan fingerprint density at radius 2 is 2.30 bits per heavy atom. The maximum Gasteiger partial charge on any atom is 0.252 e. The van der Waals surface area contributed by atoms with E-state index < -0.39 is 0 Å². The van der Waals surface area contributed by atoms with Gasteiger partial charge in [-0.3, -0.25) is 4.79 Å². The van der Waals surface area contributed by atoms with Crippen LogP contribution in [0.25, 0.3) is 0 Å². The molecular weight excluding hydrogens is 322 g/mol. The molecule has 1 aromatic carbocycles. The van der Waals surface area contributed by atoms with E-state index in [-0.39, 0.29) is 5.91 Å². The van der Waals surface area contributed by atoms with Crippen LogP contribution in [0.5, 0.6) is 0 Å². The first-order valence-electron chi connectivity index (χ1n) is 6.46. The number of carbonyl (C=O) groups excluding carboxylic acids is 1. The van der Waals surface area contributed by atoms with E-state index in [9.17, 15) is 4.79 Å². The van der Waals surface area contributed by atoms with E-state index in [2.05, 4.69) is 36.8 Å². The van der Waals surface area contributed by atoms with Crippen molar-refractivity contribution in [3.05, 3.63) is 39.6 Å². The largest absolute Gasteiger partial charge is 0.345 e. The Morgan fingerprint density at radius 3 is 3.00 bits per heavy atom. The molecule has 2 aromatic rings. The third-order valence-electron chi connectivity index (χ3n) is 3.23. The number of tetrazole rings is 1. The second-order valence-corrected chi connectivity index (χ2v) is 5.79. The van der Waals surface area contributed by atoms with Gasteiger partial charge in [0.15, 0.2) is 5.82 Å². The molecule has 1 amide bonds. The second-order valence-electron chi connectivity index (χ2n) is 4.94. The summed E-state index contributed by atoms with van der Waals surface area (Å²) in [6.07, 6.45) is 2.21. The summed E-state index contributed by atoms with van der Waals surface area (Å²) in [5.74, 6) is 0.561. The molecule has 0 radical (unpaired) electrons. The average molecular weight is 336 g/mol. The highest BCUT2D eigenvalue weighted by Crippen LogP contribution is 2.34. The molecule has 0 aliphatic heterocycles. The van der Waals surface area contributed by atoms with Gasteiger partial charge in [-0.25, -0.2) is 4.68 Å². The van der Waals surface area contributed by atoms with E-state index in [1.54, 1.807) is 10.7 Å². The van der Waals surface area contributed by atoms with Crippen LogP contribution in [-0.2, 0) is 6.54 Å². The average Bonchev–Trinajstić information content (AvgIpc) is 3.15. The minimum absolute atomic E-state index is 0.137. The number of aryl methyl sites for hydroxylation is 1. The number of amides is 1. The van der Waals surface area contributed by atoms with Crippen LogP contribution in [0.1, 0.15) is 40.6 Å². The number of carbonyl (C=O) groups is 1. The first-order chi connectivity index (χ1) is 9.65. The van der Waals surface area contributed by atoms with Crippen LogP contribution in [0.4, 0.5) is 0 Å². The molecule has 0 spiro atoms. The van der Waals surface area contributed by atoms with E-state index >= 15 is 0 Å². The molecule has 104 valence electrons. The van der Waals surface area contributed by atoms with Crippen molar-refractivity contribution in [3.8, 4) is 0 Å². The summed E-state index contributed by atoms with van der Waals surface area (Å²) < 4.78 is 2.58. The number of rotatable bonds is 4. The minimum Gasteiger partial charge on any atom is -0.345 e. The van der Waals surface area contributed by atoms with Gasteiger partial charge in [0.2, 0.25) is 0 Å². The lowest BCUT2D eigenvalue weighted by atomic mass is 10.1. The van der Waals surface area contributed by atoms with Crippen molar-refractivity contribution in [1.82, 2.24) is 25.5 Å². The standard InChI is InChI=1S/C13H14BrN5O/c1-8-2-5-10(11(14)6-8)13(20)15-7-12-16-17-18-19(12)9-3-4-9/h2,5-6,9H,3-4,7H2,1H3,(H,15,20). The smallest absolute Gasteiger partial charge is 0.252 e. The van der Waals surface area contributed by atoms with Crippen LogP contribution in [0.15, 0.2) is 22.7 Å². The van der Waals surface area contributed by atoms with E-state index in [1.165, 1.54) is 0 Å². The molecule has 0 atom stereocenters. The highest BCUT2D eigenvalue weighted by atomic mass is 79.9. The third kappa shape index (κ3) is 2.72. The predicted molar refractivity (Wildman–Crippen MR) is 76.1 cm³/mol.